The Hall–Kier alpha value is -1.87. The summed E-state index contributed by atoms with van der Waals surface area (Å²) in [6, 6.07) is -0.421. The standard InChI is InChI=1S/C36H64N4O9/c1-13-26-36(8)28(38-33(44)49-36)22(4)40(11)19-20(2)17-35(7,45-12)30(21(3)29(42)34(5,6)32(43)47-26)48-31-27(41)25(39(9)10)16-24(46-31)18-37-23-14-15-23/h20-28,30-31,37,41H,13-19H2,1-12H3,(H,38,44)/t20-,21+,22-,24+,25?,26-,27-,28-,30-,31+,35-,36-/m1/s1. The molecule has 13 heteroatoms. The van der Waals surface area contributed by atoms with Crippen molar-refractivity contribution in [1.82, 2.24) is 20.4 Å². The van der Waals surface area contributed by atoms with E-state index in [1.54, 1.807) is 34.8 Å². The molecule has 3 saturated heterocycles. The molecule has 4 fully saturated rings. The zero-order chi connectivity index (χ0) is 36.6. The maximum absolute atomic E-state index is 14.5. The number of fused-ring (bicyclic) bond motifs is 1. The topological polar surface area (TPSA) is 148 Å². The number of carbonyl (C=O) groups excluding carboxylic acids is 3. The largest absolute Gasteiger partial charge is 0.457 e. The number of nitrogens with zero attached hydrogens (tertiary/aromatic N) is 2. The van der Waals surface area contributed by atoms with Crippen LogP contribution in [0.1, 0.15) is 87.5 Å². The Morgan fingerprint density at radius 2 is 1.76 bits per heavy atom. The number of Topliss-reactive ketones (excluding diaryl/α,β-unsaturated/α-hetero) is 1. The molecule has 0 radical (unpaired) electrons. The highest BCUT2D eigenvalue weighted by atomic mass is 16.7. The maximum Gasteiger partial charge on any atom is 0.408 e. The smallest absolute Gasteiger partial charge is 0.408 e. The van der Waals surface area contributed by atoms with Gasteiger partial charge >= 0.3 is 12.1 Å². The molecule has 4 rings (SSSR count). The molecular weight excluding hydrogens is 632 g/mol. The van der Waals surface area contributed by atoms with Crippen LogP contribution in [0.4, 0.5) is 4.79 Å². The van der Waals surface area contributed by atoms with Crippen molar-refractivity contribution in [2.45, 2.75) is 154 Å². The van der Waals surface area contributed by atoms with Crippen molar-refractivity contribution in [1.29, 1.82) is 0 Å². The summed E-state index contributed by atoms with van der Waals surface area (Å²) in [4.78, 5) is 45.4. The van der Waals surface area contributed by atoms with Gasteiger partial charge in [0, 0.05) is 44.2 Å². The Labute approximate surface area is 293 Å². The van der Waals surface area contributed by atoms with Gasteiger partial charge in [-0.2, -0.15) is 0 Å². The number of hydrogen-bond donors (Lipinski definition) is 3. The zero-order valence-electron chi connectivity index (χ0n) is 31.9. The average molecular weight is 697 g/mol. The average Bonchev–Trinajstić information content (AvgIpc) is 3.82. The number of alkyl carbamates (subject to hydrolysis) is 1. The molecule has 1 saturated carbocycles. The van der Waals surface area contributed by atoms with Gasteiger partial charge in [0.05, 0.1) is 23.9 Å². The molecule has 282 valence electrons. The van der Waals surface area contributed by atoms with Gasteiger partial charge in [0.1, 0.15) is 17.6 Å². The number of cyclic esters (lactones) is 1. The Bertz CT molecular complexity index is 1180. The van der Waals surface area contributed by atoms with E-state index in [9.17, 15) is 19.5 Å². The monoisotopic (exact) mass is 696 g/mol. The first-order valence-electron chi connectivity index (χ1n) is 18.2. The summed E-state index contributed by atoms with van der Waals surface area (Å²) in [5.74, 6) is -1.93. The van der Waals surface area contributed by atoms with E-state index in [-0.39, 0.29) is 24.1 Å². The third-order valence-corrected chi connectivity index (χ3v) is 11.7. The van der Waals surface area contributed by atoms with Crippen LogP contribution >= 0.6 is 0 Å². The number of ether oxygens (including phenoxy) is 5. The second-order valence-corrected chi connectivity index (χ2v) is 16.4. The minimum Gasteiger partial charge on any atom is -0.457 e. The lowest BCUT2D eigenvalue weighted by Crippen LogP contribution is -2.60. The number of aliphatic hydroxyl groups excluding tert-OH is 1. The molecule has 49 heavy (non-hydrogen) atoms. The van der Waals surface area contributed by atoms with E-state index in [0.717, 1.165) is 12.8 Å². The first-order chi connectivity index (χ1) is 22.8. The third kappa shape index (κ3) is 8.45. The van der Waals surface area contributed by atoms with Gasteiger partial charge in [0.25, 0.3) is 0 Å². The molecule has 12 atom stereocenters. The normalized spacial score (nSPS) is 42.9. The molecule has 3 N–H and O–H groups in total. The highest BCUT2D eigenvalue weighted by Gasteiger charge is 2.57. The van der Waals surface area contributed by atoms with Gasteiger partial charge < -0.3 is 49.2 Å². The van der Waals surface area contributed by atoms with Crippen LogP contribution in [0.25, 0.3) is 0 Å². The number of amides is 1. The SMILES string of the molecule is CC[C@H]1OC(=O)C(C)(C)C(=O)[C@H](C)[C@@H](O[C@@H]2O[C@H](CNC3CC3)CC(N(C)C)[C@H]2O)[C@](C)(OC)C[C@@H](C)CN(C)[C@H](C)[C@H]2NC(=O)O[C@@]21C. The quantitative estimate of drug-likeness (QED) is 0.253. The number of likely N-dealkylation sites (N-methyl/N-ethyl adjacent to an activating group) is 2. The molecule has 1 amide bonds. The Morgan fingerprint density at radius 1 is 1.10 bits per heavy atom. The van der Waals surface area contributed by atoms with Crippen LogP contribution in [0, 0.1) is 17.3 Å². The van der Waals surface area contributed by atoms with Crippen LogP contribution < -0.4 is 10.6 Å². The van der Waals surface area contributed by atoms with Crippen molar-refractivity contribution in [2.75, 3.05) is 41.3 Å². The van der Waals surface area contributed by atoms with Crippen molar-refractivity contribution in [3.05, 3.63) is 0 Å². The van der Waals surface area contributed by atoms with Crippen LogP contribution in [0.2, 0.25) is 0 Å². The van der Waals surface area contributed by atoms with Crippen molar-refractivity contribution >= 4 is 17.8 Å². The summed E-state index contributed by atoms with van der Waals surface area (Å²) in [6.45, 7) is 15.8. The molecule has 13 nitrogen and oxygen atoms in total. The highest BCUT2D eigenvalue weighted by molar-refractivity contribution is 6.04. The van der Waals surface area contributed by atoms with E-state index in [0.29, 0.717) is 38.4 Å². The number of aliphatic hydroxyl groups is 1. The van der Waals surface area contributed by atoms with Crippen LogP contribution in [-0.4, -0.2) is 140 Å². The number of carbonyl (C=O) groups is 3. The van der Waals surface area contributed by atoms with Crippen LogP contribution in [-0.2, 0) is 33.3 Å². The maximum atomic E-state index is 14.5. The second kappa shape index (κ2) is 15.4. The number of nitrogens with one attached hydrogen (secondary N) is 2. The van der Waals surface area contributed by atoms with Gasteiger partial charge in [-0.25, -0.2) is 4.79 Å². The van der Waals surface area contributed by atoms with Gasteiger partial charge in [0.15, 0.2) is 17.7 Å². The van der Waals surface area contributed by atoms with Crippen LogP contribution in [0.15, 0.2) is 0 Å². The molecule has 1 unspecified atom stereocenters. The lowest BCUT2D eigenvalue weighted by atomic mass is 9.74. The zero-order valence-corrected chi connectivity index (χ0v) is 31.9. The minimum atomic E-state index is -1.59. The fourth-order valence-electron chi connectivity index (χ4n) is 8.30. The Balaban J connectivity index is 1.73. The highest BCUT2D eigenvalue weighted by Crippen LogP contribution is 2.40. The summed E-state index contributed by atoms with van der Waals surface area (Å²) in [6.07, 6.45) is -0.746. The van der Waals surface area contributed by atoms with E-state index in [4.69, 9.17) is 23.7 Å². The Morgan fingerprint density at radius 3 is 2.33 bits per heavy atom. The lowest BCUT2D eigenvalue weighted by Gasteiger charge is -2.47. The van der Waals surface area contributed by atoms with E-state index in [1.165, 1.54) is 0 Å². The van der Waals surface area contributed by atoms with Gasteiger partial charge in [0.2, 0.25) is 0 Å². The number of hydrogen-bond acceptors (Lipinski definition) is 12. The molecule has 0 bridgehead atoms. The molecule has 4 aliphatic rings. The van der Waals surface area contributed by atoms with Crippen LogP contribution in [0.3, 0.4) is 0 Å². The van der Waals surface area contributed by atoms with E-state index < -0.39 is 71.0 Å². The number of ketones is 1. The fraction of sp³-hybridized carbons (Fsp3) is 0.917. The van der Waals surface area contributed by atoms with E-state index in [1.807, 2.05) is 46.8 Å². The van der Waals surface area contributed by atoms with Crippen LogP contribution in [0.5, 0.6) is 0 Å². The molecule has 1 aliphatic carbocycles. The second-order valence-electron chi connectivity index (χ2n) is 16.4. The third-order valence-electron chi connectivity index (χ3n) is 11.7. The summed E-state index contributed by atoms with van der Waals surface area (Å²) >= 11 is 0. The van der Waals surface area contributed by atoms with Crippen molar-refractivity contribution < 1.29 is 43.2 Å². The summed E-state index contributed by atoms with van der Waals surface area (Å²) in [5, 5.41) is 18.1. The molecule has 3 heterocycles. The van der Waals surface area contributed by atoms with Gasteiger partial charge in [-0.3, -0.25) is 9.59 Å². The molecule has 3 aliphatic heterocycles. The number of methoxy groups -OCH3 is 1. The molecule has 0 aromatic heterocycles. The lowest BCUT2D eigenvalue weighted by molar-refractivity contribution is -0.297. The summed E-state index contributed by atoms with van der Waals surface area (Å²) in [7, 11) is 7.46. The first kappa shape index (κ1) is 39.9. The Kier molecular flexibility index (Phi) is 12.5. The molecular formula is C36H64N4O9. The predicted octanol–water partition coefficient (Wildman–Crippen LogP) is 2.72. The van der Waals surface area contributed by atoms with Crippen molar-refractivity contribution in [3.8, 4) is 0 Å². The molecule has 0 aromatic carbocycles. The van der Waals surface area contributed by atoms with Crippen molar-refractivity contribution in [3.63, 3.8) is 0 Å². The molecule has 0 spiro atoms. The van der Waals surface area contributed by atoms with Crippen molar-refractivity contribution in [2.24, 2.45) is 17.3 Å². The van der Waals surface area contributed by atoms with Gasteiger partial charge in [-0.05, 0) is 93.8 Å². The summed E-state index contributed by atoms with van der Waals surface area (Å²) < 4.78 is 31.5. The fourth-order valence-corrected chi connectivity index (χ4v) is 8.30. The molecule has 0 aromatic rings. The van der Waals surface area contributed by atoms with Gasteiger partial charge in [-0.1, -0.05) is 20.8 Å². The van der Waals surface area contributed by atoms with Gasteiger partial charge in [-0.15, -0.1) is 0 Å². The minimum absolute atomic E-state index is 0.0373. The van der Waals surface area contributed by atoms with E-state index in [2.05, 4.69) is 22.5 Å². The summed E-state index contributed by atoms with van der Waals surface area (Å²) in [5.41, 5.74) is -3.79. The number of esters is 1. The first-order valence-corrected chi connectivity index (χ1v) is 18.2. The predicted molar refractivity (Wildman–Crippen MR) is 184 cm³/mol. The number of rotatable bonds is 8. The van der Waals surface area contributed by atoms with E-state index >= 15 is 0 Å².